The molecule has 0 radical (unpaired) electrons. The molecule has 0 atom stereocenters. The fourth-order valence-corrected chi connectivity index (χ4v) is 2.20. The van der Waals surface area contributed by atoms with Crippen molar-refractivity contribution in [2.45, 2.75) is 13.3 Å². The van der Waals surface area contributed by atoms with Gasteiger partial charge in [-0.05, 0) is 6.42 Å². The molecule has 2 aromatic heterocycles. The highest BCUT2D eigenvalue weighted by atomic mass is 15.1. The summed E-state index contributed by atoms with van der Waals surface area (Å²) >= 11 is 0. The quantitative estimate of drug-likeness (QED) is 0.674. The van der Waals surface area contributed by atoms with Crippen LogP contribution < -0.4 is 16.8 Å². The van der Waals surface area contributed by atoms with E-state index in [2.05, 4.69) is 32.2 Å². The number of nitrogens with two attached hydrogens (primary N) is 2. The zero-order valence-corrected chi connectivity index (χ0v) is 12.2. The first kappa shape index (κ1) is 14.0. The first-order valence-corrected chi connectivity index (χ1v) is 7.09. The summed E-state index contributed by atoms with van der Waals surface area (Å²) in [5.74, 6) is 0.887. The third-order valence-electron chi connectivity index (χ3n) is 3.18. The summed E-state index contributed by atoms with van der Waals surface area (Å²) in [6, 6.07) is 9.75. The number of nitrogens with one attached hydrogen (secondary N) is 1. The Morgan fingerprint density at radius 2 is 1.77 bits per heavy atom. The number of nitrogens with zero attached hydrogens (tertiary/aromatic N) is 4. The standard InChI is InChI=1S/C15H17N7/c1-2-8-18-15-19-11(9-6-4-3-5-7-9)10-12(16)20-14(17)21-13(10)22-15/h3-7H,2,8H2,1H3,(H5,16,17,18,19,20,21,22). The molecule has 5 N–H and O–H groups in total. The second-order valence-corrected chi connectivity index (χ2v) is 4.85. The second kappa shape index (κ2) is 5.80. The Morgan fingerprint density at radius 1 is 1.00 bits per heavy atom. The first-order valence-electron chi connectivity index (χ1n) is 7.09. The number of rotatable bonds is 4. The summed E-state index contributed by atoms with van der Waals surface area (Å²) in [6.07, 6.45) is 0.968. The maximum absolute atomic E-state index is 6.01. The molecule has 0 spiro atoms. The van der Waals surface area contributed by atoms with Crippen molar-refractivity contribution < 1.29 is 0 Å². The molecule has 3 rings (SSSR count). The molecule has 0 aliphatic carbocycles. The van der Waals surface area contributed by atoms with Crippen molar-refractivity contribution in [2.24, 2.45) is 0 Å². The minimum Gasteiger partial charge on any atom is -0.383 e. The smallest absolute Gasteiger partial charge is 0.225 e. The number of hydrogen-bond acceptors (Lipinski definition) is 7. The van der Waals surface area contributed by atoms with Crippen LogP contribution in [0, 0.1) is 0 Å². The number of fused-ring (bicyclic) bond motifs is 1. The topological polar surface area (TPSA) is 116 Å². The van der Waals surface area contributed by atoms with Crippen molar-refractivity contribution in [3.05, 3.63) is 30.3 Å². The summed E-state index contributed by atoms with van der Waals surface area (Å²) in [7, 11) is 0. The van der Waals surface area contributed by atoms with Gasteiger partial charge < -0.3 is 16.8 Å². The molecular weight excluding hydrogens is 278 g/mol. The predicted molar refractivity (Wildman–Crippen MR) is 88.2 cm³/mol. The number of anilines is 3. The van der Waals surface area contributed by atoms with Crippen LogP contribution in [0.2, 0.25) is 0 Å². The van der Waals surface area contributed by atoms with Crippen LogP contribution in [0.25, 0.3) is 22.3 Å². The molecule has 0 saturated heterocycles. The van der Waals surface area contributed by atoms with Crippen LogP contribution in [0.15, 0.2) is 30.3 Å². The number of hydrogen-bond donors (Lipinski definition) is 3. The van der Waals surface area contributed by atoms with Crippen LogP contribution >= 0.6 is 0 Å². The largest absolute Gasteiger partial charge is 0.383 e. The van der Waals surface area contributed by atoms with Crippen molar-refractivity contribution in [1.29, 1.82) is 0 Å². The van der Waals surface area contributed by atoms with E-state index in [1.54, 1.807) is 0 Å². The number of nitrogen functional groups attached to an aromatic ring is 2. The third kappa shape index (κ3) is 2.60. The van der Waals surface area contributed by atoms with E-state index >= 15 is 0 Å². The molecule has 0 unspecified atom stereocenters. The lowest BCUT2D eigenvalue weighted by Crippen LogP contribution is -2.09. The summed E-state index contributed by atoms with van der Waals surface area (Å²) in [6.45, 7) is 2.85. The van der Waals surface area contributed by atoms with Gasteiger partial charge in [0.15, 0.2) is 5.65 Å². The Balaban J connectivity index is 2.27. The van der Waals surface area contributed by atoms with E-state index in [0.29, 0.717) is 22.7 Å². The van der Waals surface area contributed by atoms with Gasteiger partial charge >= 0.3 is 0 Å². The zero-order chi connectivity index (χ0) is 15.5. The lowest BCUT2D eigenvalue weighted by Gasteiger charge is -2.11. The van der Waals surface area contributed by atoms with Gasteiger partial charge in [0, 0.05) is 12.1 Å². The SMILES string of the molecule is CCCNc1nc(-c2ccccc2)c2c(N)nc(N)nc2n1. The van der Waals surface area contributed by atoms with Gasteiger partial charge in [0.1, 0.15) is 5.82 Å². The minimum atomic E-state index is 0.101. The van der Waals surface area contributed by atoms with Gasteiger partial charge in [-0.3, -0.25) is 0 Å². The van der Waals surface area contributed by atoms with E-state index in [9.17, 15) is 0 Å². The van der Waals surface area contributed by atoms with Crippen molar-refractivity contribution >= 4 is 28.7 Å². The molecule has 0 fully saturated rings. The molecule has 0 amide bonds. The molecule has 112 valence electrons. The highest BCUT2D eigenvalue weighted by molar-refractivity contribution is 5.98. The maximum Gasteiger partial charge on any atom is 0.225 e. The van der Waals surface area contributed by atoms with E-state index in [4.69, 9.17) is 11.5 Å². The molecule has 22 heavy (non-hydrogen) atoms. The molecule has 0 aliphatic rings. The highest BCUT2D eigenvalue weighted by Gasteiger charge is 2.15. The average Bonchev–Trinajstić information content (AvgIpc) is 2.52. The average molecular weight is 295 g/mol. The number of aromatic nitrogens is 4. The summed E-state index contributed by atoms with van der Waals surface area (Å²) in [5, 5.41) is 3.78. The Labute approximate surface area is 127 Å². The summed E-state index contributed by atoms with van der Waals surface area (Å²) in [4.78, 5) is 17.2. The third-order valence-corrected chi connectivity index (χ3v) is 3.18. The van der Waals surface area contributed by atoms with Gasteiger partial charge in [-0.1, -0.05) is 37.3 Å². The molecule has 0 bridgehead atoms. The highest BCUT2D eigenvalue weighted by Crippen LogP contribution is 2.29. The lowest BCUT2D eigenvalue weighted by atomic mass is 10.1. The predicted octanol–water partition coefficient (Wildman–Crippen LogP) is 2.07. The fraction of sp³-hybridized carbons (Fsp3) is 0.200. The van der Waals surface area contributed by atoms with E-state index < -0.39 is 0 Å². The van der Waals surface area contributed by atoms with Gasteiger partial charge in [0.25, 0.3) is 0 Å². The molecule has 1 aromatic carbocycles. The molecule has 0 aliphatic heterocycles. The molecule has 3 aromatic rings. The van der Waals surface area contributed by atoms with Crippen LogP contribution in [0.5, 0.6) is 0 Å². The van der Waals surface area contributed by atoms with Gasteiger partial charge in [-0.15, -0.1) is 0 Å². The van der Waals surface area contributed by atoms with Gasteiger partial charge in [0.2, 0.25) is 11.9 Å². The zero-order valence-electron chi connectivity index (χ0n) is 12.2. The van der Waals surface area contributed by atoms with E-state index in [1.807, 2.05) is 30.3 Å². The Kier molecular flexibility index (Phi) is 3.69. The van der Waals surface area contributed by atoms with Crippen LogP contribution in [-0.4, -0.2) is 26.5 Å². The van der Waals surface area contributed by atoms with Crippen LogP contribution in [-0.2, 0) is 0 Å². The normalized spacial score (nSPS) is 10.8. The van der Waals surface area contributed by atoms with E-state index in [1.165, 1.54) is 0 Å². The monoisotopic (exact) mass is 295 g/mol. The van der Waals surface area contributed by atoms with Crippen LogP contribution in [0.1, 0.15) is 13.3 Å². The second-order valence-electron chi connectivity index (χ2n) is 4.85. The van der Waals surface area contributed by atoms with E-state index in [0.717, 1.165) is 18.5 Å². The minimum absolute atomic E-state index is 0.101. The molecular formula is C15H17N7. The van der Waals surface area contributed by atoms with Crippen molar-refractivity contribution in [2.75, 3.05) is 23.3 Å². The van der Waals surface area contributed by atoms with Crippen molar-refractivity contribution in [3.63, 3.8) is 0 Å². The molecule has 7 nitrogen and oxygen atoms in total. The Hall–Kier alpha value is -2.96. The van der Waals surface area contributed by atoms with E-state index in [-0.39, 0.29) is 11.8 Å². The number of benzene rings is 1. The van der Waals surface area contributed by atoms with Gasteiger partial charge in [0.05, 0.1) is 11.1 Å². The first-order chi connectivity index (χ1) is 10.7. The van der Waals surface area contributed by atoms with Crippen LogP contribution in [0.4, 0.5) is 17.7 Å². The van der Waals surface area contributed by atoms with Crippen molar-refractivity contribution in [3.8, 4) is 11.3 Å². The molecule has 7 heteroatoms. The lowest BCUT2D eigenvalue weighted by molar-refractivity contribution is 0.956. The maximum atomic E-state index is 6.01. The van der Waals surface area contributed by atoms with Gasteiger partial charge in [-0.25, -0.2) is 4.98 Å². The Morgan fingerprint density at radius 3 is 2.50 bits per heavy atom. The van der Waals surface area contributed by atoms with Gasteiger partial charge in [-0.2, -0.15) is 15.0 Å². The van der Waals surface area contributed by atoms with Crippen molar-refractivity contribution in [1.82, 2.24) is 19.9 Å². The summed E-state index contributed by atoms with van der Waals surface area (Å²) in [5.41, 5.74) is 13.8. The molecule has 0 saturated carbocycles. The van der Waals surface area contributed by atoms with Crippen LogP contribution in [0.3, 0.4) is 0 Å². The fourth-order valence-electron chi connectivity index (χ4n) is 2.20. The Bertz CT molecular complexity index is 802. The molecule has 2 heterocycles. The summed E-state index contributed by atoms with van der Waals surface area (Å²) < 4.78 is 0.